The van der Waals surface area contributed by atoms with Gasteiger partial charge in [-0.15, -0.1) is 10.2 Å². The van der Waals surface area contributed by atoms with Gasteiger partial charge in [-0.1, -0.05) is 50.2 Å². The number of benzene rings is 1. The molecule has 0 saturated carbocycles. The molecule has 2 aromatic rings. The van der Waals surface area contributed by atoms with Crippen LogP contribution < -0.4 is 10.6 Å². The van der Waals surface area contributed by atoms with Gasteiger partial charge in [0.1, 0.15) is 0 Å². The largest absolute Gasteiger partial charge is 0.338 e. The van der Waals surface area contributed by atoms with Crippen molar-refractivity contribution in [3.05, 3.63) is 36.2 Å². The van der Waals surface area contributed by atoms with E-state index in [4.69, 9.17) is 0 Å². The lowest BCUT2D eigenvalue weighted by atomic mass is 10.1. The molecule has 0 spiro atoms. The predicted octanol–water partition coefficient (Wildman–Crippen LogP) is 2.83. The second-order valence-corrected chi connectivity index (χ2v) is 8.79. The lowest BCUT2D eigenvalue weighted by Crippen LogP contribution is -2.41. The first kappa shape index (κ1) is 22.3. The highest BCUT2D eigenvalue weighted by Gasteiger charge is 2.19. The first-order chi connectivity index (χ1) is 14.5. The minimum atomic E-state index is -0.468. The summed E-state index contributed by atoms with van der Waals surface area (Å²) in [6, 6.07) is 9.46. The molecule has 1 aromatic heterocycles. The molecular weight excluding hydrogens is 400 g/mol. The van der Waals surface area contributed by atoms with Gasteiger partial charge in [-0.2, -0.15) is 0 Å². The van der Waals surface area contributed by atoms with E-state index in [0.29, 0.717) is 17.6 Å². The number of carbonyl (C=O) groups excluding carboxylic acids is 2. The summed E-state index contributed by atoms with van der Waals surface area (Å²) >= 11 is 1.28. The van der Waals surface area contributed by atoms with Gasteiger partial charge in [-0.25, -0.2) is 4.79 Å². The van der Waals surface area contributed by atoms with E-state index in [1.165, 1.54) is 31.0 Å². The summed E-state index contributed by atoms with van der Waals surface area (Å²) in [6.07, 6.45) is 3.70. The number of imide groups is 1. The fourth-order valence-electron chi connectivity index (χ4n) is 3.28. The van der Waals surface area contributed by atoms with Crippen LogP contribution >= 0.6 is 11.8 Å². The molecule has 1 aliphatic rings. The molecule has 8 nitrogen and oxygen atoms in total. The molecule has 0 radical (unpaired) electrons. The number of nitrogens with zero attached hydrogens (tertiary/aromatic N) is 4. The Hall–Kier alpha value is -2.39. The van der Waals surface area contributed by atoms with E-state index >= 15 is 0 Å². The molecule has 0 aliphatic carbocycles. The van der Waals surface area contributed by atoms with Crippen molar-refractivity contribution in [2.45, 2.75) is 44.8 Å². The number of hydrogen-bond acceptors (Lipinski definition) is 6. The van der Waals surface area contributed by atoms with Crippen molar-refractivity contribution in [2.75, 3.05) is 25.4 Å². The molecule has 9 heteroatoms. The quantitative estimate of drug-likeness (QED) is 0.626. The zero-order valence-corrected chi connectivity index (χ0v) is 18.5. The number of piperidine rings is 1. The number of thioether (sulfide) groups is 1. The molecule has 0 bridgehead atoms. The topological polar surface area (TPSA) is 92.2 Å². The molecule has 1 saturated heterocycles. The van der Waals surface area contributed by atoms with Crippen LogP contribution in [0.2, 0.25) is 0 Å². The van der Waals surface area contributed by atoms with E-state index < -0.39 is 6.03 Å². The van der Waals surface area contributed by atoms with Crippen LogP contribution in [0.25, 0.3) is 5.69 Å². The molecule has 0 unspecified atom stereocenters. The fraction of sp³-hybridized carbons (Fsp3) is 0.524. The summed E-state index contributed by atoms with van der Waals surface area (Å²) in [6.45, 7) is 7.38. The summed E-state index contributed by atoms with van der Waals surface area (Å²) in [4.78, 5) is 26.4. The van der Waals surface area contributed by atoms with Crippen molar-refractivity contribution in [1.29, 1.82) is 0 Å². The van der Waals surface area contributed by atoms with Gasteiger partial charge in [0.15, 0.2) is 11.0 Å². The van der Waals surface area contributed by atoms with Gasteiger partial charge >= 0.3 is 6.03 Å². The smallest absolute Gasteiger partial charge is 0.321 e. The molecule has 2 heterocycles. The average Bonchev–Trinajstić information content (AvgIpc) is 3.14. The summed E-state index contributed by atoms with van der Waals surface area (Å²) in [5.74, 6) is 0.911. The molecule has 162 valence electrons. The number of nitrogens with one attached hydrogen (secondary N) is 2. The molecule has 3 rings (SSSR count). The van der Waals surface area contributed by atoms with E-state index in [9.17, 15) is 9.59 Å². The highest BCUT2D eigenvalue weighted by Crippen LogP contribution is 2.23. The van der Waals surface area contributed by atoms with E-state index in [1.807, 2.05) is 48.7 Å². The Kier molecular flexibility index (Phi) is 8.27. The highest BCUT2D eigenvalue weighted by atomic mass is 32.2. The third-order valence-electron chi connectivity index (χ3n) is 4.78. The molecule has 3 amide bonds. The number of aromatic nitrogens is 3. The van der Waals surface area contributed by atoms with Crippen LogP contribution in [-0.2, 0) is 11.3 Å². The maximum atomic E-state index is 12.2. The number of amides is 3. The number of hydrogen-bond donors (Lipinski definition) is 2. The molecule has 30 heavy (non-hydrogen) atoms. The van der Waals surface area contributed by atoms with Crippen molar-refractivity contribution >= 4 is 23.7 Å². The number of urea groups is 1. The van der Waals surface area contributed by atoms with Crippen LogP contribution in [0.4, 0.5) is 4.79 Å². The molecule has 1 fully saturated rings. The van der Waals surface area contributed by atoms with Crippen molar-refractivity contribution in [3.8, 4) is 5.69 Å². The Morgan fingerprint density at radius 2 is 1.83 bits per heavy atom. The van der Waals surface area contributed by atoms with Gasteiger partial charge in [0, 0.05) is 12.2 Å². The SMILES string of the molecule is CC(C)CNC(=O)NC(=O)CSc1nnc(CN2CCCCC2)n1-c1ccccc1. The summed E-state index contributed by atoms with van der Waals surface area (Å²) in [7, 11) is 0. The highest BCUT2D eigenvalue weighted by molar-refractivity contribution is 7.99. The number of carbonyl (C=O) groups is 2. The van der Waals surface area contributed by atoms with Crippen molar-refractivity contribution in [1.82, 2.24) is 30.3 Å². The maximum absolute atomic E-state index is 12.2. The third-order valence-corrected chi connectivity index (χ3v) is 5.71. The van der Waals surface area contributed by atoms with Gasteiger partial charge in [-0.3, -0.25) is 19.6 Å². The zero-order valence-electron chi connectivity index (χ0n) is 17.6. The molecule has 2 N–H and O–H groups in total. The maximum Gasteiger partial charge on any atom is 0.321 e. The Morgan fingerprint density at radius 1 is 1.10 bits per heavy atom. The number of para-hydroxylation sites is 1. The third kappa shape index (κ3) is 6.56. The van der Waals surface area contributed by atoms with Crippen LogP contribution in [0.15, 0.2) is 35.5 Å². The minimum absolute atomic E-state index is 0.0871. The van der Waals surface area contributed by atoms with Crippen LogP contribution in [0, 0.1) is 5.92 Å². The van der Waals surface area contributed by atoms with Crippen LogP contribution in [0.5, 0.6) is 0 Å². The van der Waals surface area contributed by atoms with Crippen molar-refractivity contribution < 1.29 is 9.59 Å². The number of likely N-dealkylation sites (tertiary alicyclic amines) is 1. The lowest BCUT2D eigenvalue weighted by Gasteiger charge is -2.26. The van der Waals surface area contributed by atoms with Gasteiger partial charge in [0.25, 0.3) is 0 Å². The van der Waals surface area contributed by atoms with Gasteiger partial charge in [0.05, 0.1) is 12.3 Å². The summed E-state index contributed by atoms with van der Waals surface area (Å²) in [5.41, 5.74) is 0.965. The Morgan fingerprint density at radius 3 is 2.53 bits per heavy atom. The molecule has 0 atom stereocenters. The lowest BCUT2D eigenvalue weighted by molar-refractivity contribution is -0.117. The first-order valence-electron chi connectivity index (χ1n) is 10.5. The molecule has 1 aromatic carbocycles. The molecule has 1 aliphatic heterocycles. The van der Waals surface area contributed by atoms with E-state index in [-0.39, 0.29) is 11.7 Å². The van der Waals surface area contributed by atoms with Gasteiger partial charge in [-0.05, 0) is 44.0 Å². The first-order valence-corrected chi connectivity index (χ1v) is 11.4. The van der Waals surface area contributed by atoms with Crippen LogP contribution in [0.3, 0.4) is 0 Å². The standard InChI is InChI=1S/C21H30N6O2S/c1-16(2)13-22-20(29)23-19(28)15-30-21-25-24-18(14-26-11-7-4-8-12-26)27(21)17-9-5-3-6-10-17/h3,5-6,9-10,16H,4,7-8,11-15H2,1-2H3,(H2,22,23,28,29). The van der Waals surface area contributed by atoms with E-state index in [2.05, 4.69) is 25.7 Å². The van der Waals surface area contributed by atoms with Crippen molar-refractivity contribution in [3.63, 3.8) is 0 Å². The number of rotatable bonds is 8. The van der Waals surface area contributed by atoms with Crippen LogP contribution in [-0.4, -0.2) is 57.0 Å². The Labute approximate surface area is 181 Å². The monoisotopic (exact) mass is 430 g/mol. The summed E-state index contributed by atoms with van der Waals surface area (Å²) in [5, 5.41) is 14.4. The fourth-order valence-corrected chi connectivity index (χ4v) is 4.05. The van der Waals surface area contributed by atoms with Gasteiger partial charge < -0.3 is 5.32 Å². The average molecular weight is 431 g/mol. The second kappa shape index (κ2) is 11.1. The van der Waals surface area contributed by atoms with Crippen LogP contribution in [0.1, 0.15) is 38.9 Å². The summed E-state index contributed by atoms with van der Waals surface area (Å²) < 4.78 is 2.01. The Bertz CT molecular complexity index is 833. The second-order valence-electron chi connectivity index (χ2n) is 7.85. The zero-order chi connectivity index (χ0) is 21.3. The normalized spacial score (nSPS) is 14.6. The predicted molar refractivity (Wildman–Crippen MR) is 118 cm³/mol. The van der Waals surface area contributed by atoms with Gasteiger partial charge in [0.2, 0.25) is 5.91 Å². The van der Waals surface area contributed by atoms with E-state index in [0.717, 1.165) is 31.1 Å². The molecular formula is C21H30N6O2S. The van der Waals surface area contributed by atoms with Crippen molar-refractivity contribution in [2.24, 2.45) is 5.92 Å². The Balaban J connectivity index is 1.66. The van der Waals surface area contributed by atoms with E-state index in [1.54, 1.807) is 0 Å². The minimum Gasteiger partial charge on any atom is -0.338 e.